The first kappa shape index (κ1) is 12.0. The van der Waals surface area contributed by atoms with E-state index >= 15 is 0 Å². The average molecular weight is 237 g/mol. The molecule has 1 heterocycles. The van der Waals surface area contributed by atoms with Crippen LogP contribution < -0.4 is 0 Å². The van der Waals surface area contributed by atoms with Crippen LogP contribution in [0.2, 0.25) is 0 Å². The Bertz CT molecular complexity index is 404. The molecule has 1 aliphatic rings. The Morgan fingerprint density at radius 1 is 1.41 bits per heavy atom. The predicted octanol–water partition coefficient (Wildman–Crippen LogP) is 1.96. The average Bonchev–Trinajstić information content (AvgIpc) is 2.61. The minimum Gasteiger partial charge on any atom is -0.461 e. The Morgan fingerprint density at radius 2 is 2.06 bits per heavy atom. The molecule has 0 unspecified atom stereocenters. The zero-order valence-corrected chi connectivity index (χ0v) is 10.0. The number of halogens is 1. The first-order valence-electron chi connectivity index (χ1n) is 5.71. The minimum atomic E-state index is -0.245. The van der Waals surface area contributed by atoms with Gasteiger partial charge in [0.25, 0.3) is 0 Å². The van der Waals surface area contributed by atoms with Crippen LogP contribution in [0.3, 0.4) is 0 Å². The maximum atomic E-state index is 12.8. The van der Waals surface area contributed by atoms with Gasteiger partial charge in [0, 0.05) is 13.0 Å². The molecule has 1 aromatic rings. The number of esters is 1. The number of likely N-dealkylation sites (N-methyl/N-ethyl adjacent to an activating group) is 1. The molecule has 1 saturated heterocycles. The number of carbonyl (C=O) groups excluding carboxylic acids is 1. The van der Waals surface area contributed by atoms with Crippen molar-refractivity contribution in [3.63, 3.8) is 0 Å². The lowest BCUT2D eigenvalue weighted by Gasteiger charge is -2.20. The summed E-state index contributed by atoms with van der Waals surface area (Å²) in [5, 5.41) is 0. The molecular formula is C13H16FNO2. The lowest BCUT2D eigenvalue weighted by molar-refractivity contribution is -0.144. The summed E-state index contributed by atoms with van der Waals surface area (Å²) in [7, 11) is 1.88. The van der Waals surface area contributed by atoms with Gasteiger partial charge in [-0.05, 0) is 31.7 Å². The maximum Gasteiger partial charge on any atom is 0.323 e. The molecule has 0 radical (unpaired) electrons. The van der Waals surface area contributed by atoms with Gasteiger partial charge >= 0.3 is 5.97 Å². The topological polar surface area (TPSA) is 29.5 Å². The van der Waals surface area contributed by atoms with E-state index in [-0.39, 0.29) is 23.9 Å². The van der Waals surface area contributed by atoms with E-state index in [9.17, 15) is 9.18 Å². The zero-order chi connectivity index (χ0) is 12.4. The Morgan fingerprint density at radius 3 is 2.59 bits per heavy atom. The summed E-state index contributed by atoms with van der Waals surface area (Å²) in [4.78, 5) is 13.5. The standard InChI is InChI=1S/C13H16FNO2/c1-9-7-12(13(16)17-9)15(2)8-10-3-5-11(14)6-4-10/h3-6,9,12H,7-8H2,1-2H3/t9-,12-/m1/s1. The first-order chi connectivity index (χ1) is 8.06. The third kappa shape index (κ3) is 2.82. The Kier molecular flexibility index (Phi) is 3.43. The number of hydrogen-bond acceptors (Lipinski definition) is 3. The lowest BCUT2D eigenvalue weighted by Crippen LogP contribution is -2.34. The van der Waals surface area contributed by atoms with Gasteiger partial charge in [-0.2, -0.15) is 0 Å². The molecule has 3 nitrogen and oxygen atoms in total. The molecule has 92 valence electrons. The molecule has 0 N–H and O–H groups in total. The molecule has 0 aliphatic carbocycles. The van der Waals surface area contributed by atoms with E-state index in [1.165, 1.54) is 12.1 Å². The van der Waals surface area contributed by atoms with Crippen molar-refractivity contribution in [2.45, 2.75) is 32.0 Å². The highest BCUT2D eigenvalue weighted by Gasteiger charge is 2.34. The monoisotopic (exact) mass is 237 g/mol. The molecule has 2 atom stereocenters. The first-order valence-corrected chi connectivity index (χ1v) is 5.71. The van der Waals surface area contributed by atoms with E-state index in [4.69, 9.17) is 4.74 Å². The smallest absolute Gasteiger partial charge is 0.323 e. The molecule has 1 fully saturated rings. The van der Waals surface area contributed by atoms with Crippen molar-refractivity contribution in [3.8, 4) is 0 Å². The van der Waals surface area contributed by atoms with Crippen molar-refractivity contribution >= 4 is 5.97 Å². The van der Waals surface area contributed by atoms with Crippen molar-refractivity contribution < 1.29 is 13.9 Å². The molecular weight excluding hydrogens is 221 g/mol. The van der Waals surface area contributed by atoms with Gasteiger partial charge < -0.3 is 4.74 Å². The molecule has 0 amide bonds. The fraction of sp³-hybridized carbons (Fsp3) is 0.462. The van der Waals surface area contributed by atoms with Gasteiger partial charge in [-0.1, -0.05) is 12.1 Å². The number of carbonyl (C=O) groups is 1. The van der Waals surface area contributed by atoms with Crippen LogP contribution in [0.4, 0.5) is 4.39 Å². The molecule has 0 spiro atoms. The van der Waals surface area contributed by atoms with Gasteiger partial charge in [0.1, 0.15) is 18.0 Å². The van der Waals surface area contributed by atoms with Crippen LogP contribution in [-0.2, 0) is 16.1 Å². The van der Waals surface area contributed by atoms with Crippen LogP contribution in [-0.4, -0.2) is 30.1 Å². The highest BCUT2D eigenvalue weighted by molar-refractivity contribution is 5.77. The van der Waals surface area contributed by atoms with Crippen molar-refractivity contribution in [2.75, 3.05) is 7.05 Å². The molecule has 0 bridgehead atoms. The molecule has 1 aromatic carbocycles. The summed E-state index contributed by atoms with van der Waals surface area (Å²) in [6, 6.07) is 6.14. The fourth-order valence-electron chi connectivity index (χ4n) is 2.08. The number of ether oxygens (including phenoxy) is 1. The van der Waals surface area contributed by atoms with E-state index < -0.39 is 0 Å². The predicted molar refractivity (Wildman–Crippen MR) is 61.8 cm³/mol. The maximum absolute atomic E-state index is 12.8. The van der Waals surface area contributed by atoms with Crippen LogP contribution in [0.15, 0.2) is 24.3 Å². The van der Waals surface area contributed by atoms with Gasteiger partial charge in [0.05, 0.1) is 0 Å². The zero-order valence-electron chi connectivity index (χ0n) is 10.0. The molecule has 4 heteroatoms. The Balaban J connectivity index is 1.99. The normalized spacial score (nSPS) is 24.1. The summed E-state index contributed by atoms with van der Waals surface area (Å²) in [5.41, 5.74) is 0.987. The third-order valence-corrected chi connectivity index (χ3v) is 3.02. The third-order valence-electron chi connectivity index (χ3n) is 3.02. The molecule has 0 saturated carbocycles. The van der Waals surface area contributed by atoms with Crippen LogP contribution >= 0.6 is 0 Å². The van der Waals surface area contributed by atoms with Gasteiger partial charge in [-0.15, -0.1) is 0 Å². The molecule has 0 aromatic heterocycles. The van der Waals surface area contributed by atoms with Crippen molar-refractivity contribution in [1.82, 2.24) is 4.90 Å². The van der Waals surface area contributed by atoms with Gasteiger partial charge in [-0.3, -0.25) is 9.69 Å². The van der Waals surface area contributed by atoms with Gasteiger partial charge in [-0.25, -0.2) is 4.39 Å². The summed E-state index contributed by atoms with van der Waals surface area (Å²) >= 11 is 0. The number of hydrogen-bond donors (Lipinski definition) is 0. The lowest BCUT2D eigenvalue weighted by atomic mass is 10.1. The number of nitrogens with zero attached hydrogens (tertiary/aromatic N) is 1. The summed E-state index contributed by atoms with van der Waals surface area (Å²) < 4.78 is 17.9. The van der Waals surface area contributed by atoms with Crippen LogP contribution in [0.5, 0.6) is 0 Å². The van der Waals surface area contributed by atoms with Crippen molar-refractivity contribution in [2.24, 2.45) is 0 Å². The second-order valence-corrected chi connectivity index (χ2v) is 4.54. The Labute approximate surface area is 100 Å². The summed E-state index contributed by atoms with van der Waals surface area (Å²) in [6.45, 7) is 2.51. The van der Waals surface area contributed by atoms with Crippen molar-refractivity contribution in [1.29, 1.82) is 0 Å². The molecule has 2 rings (SSSR count). The van der Waals surface area contributed by atoms with Gasteiger partial charge in [0.2, 0.25) is 0 Å². The van der Waals surface area contributed by atoms with E-state index in [1.54, 1.807) is 12.1 Å². The quantitative estimate of drug-likeness (QED) is 0.753. The van der Waals surface area contributed by atoms with E-state index in [1.807, 2.05) is 18.9 Å². The SMILES string of the molecule is C[C@@H]1C[C@@H](N(C)Cc2ccc(F)cc2)C(=O)O1. The summed E-state index contributed by atoms with van der Waals surface area (Å²) in [6.07, 6.45) is 0.708. The van der Waals surface area contributed by atoms with Crippen LogP contribution in [0, 0.1) is 5.82 Å². The van der Waals surface area contributed by atoms with Crippen molar-refractivity contribution in [3.05, 3.63) is 35.6 Å². The van der Waals surface area contributed by atoms with E-state index in [2.05, 4.69) is 0 Å². The highest BCUT2D eigenvalue weighted by Crippen LogP contribution is 2.20. The summed E-state index contributed by atoms with van der Waals surface area (Å²) in [5.74, 6) is -0.410. The second kappa shape index (κ2) is 4.84. The van der Waals surface area contributed by atoms with E-state index in [0.29, 0.717) is 6.54 Å². The van der Waals surface area contributed by atoms with E-state index in [0.717, 1.165) is 12.0 Å². The number of cyclic esters (lactones) is 1. The van der Waals surface area contributed by atoms with Gasteiger partial charge in [0.15, 0.2) is 0 Å². The minimum absolute atomic E-state index is 0.0110. The number of benzene rings is 1. The molecule has 1 aliphatic heterocycles. The number of rotatable bonds is 3. The fourth-order valence-corrected chi connectivity index (χ4v) is 2.08. The van der Waals surface area contributed by atoms with Crippen LogP contribution in [0.1, 0.15) is 18.9 Å². The Hall–Kier alpha value is -1.42. The van der Waals surface area contributed by atoms with Crippen LogP contribution in [0.25, 0.3) is 0 Å². The largest absolute Gasteiger partial charge is 0.461 e. The molecule has 17 heavy (non-hydrogen) atoms. The second-order valence-electron chi connectivity index (χ2n) is 4.54. The highest BCUT2D eigenvalue weighted by atomic mass is 19.1.